The second kappa shape index (κ2) is 8.77. The van der Waals surface area contributed by atoms with Gasteiger partial charge in [-0.05, 0) is 49.1 Å². The van der Waals surface area contributed by atoms with Crippen LogP contribution in [-0.4, -0.2) is 47.0 Å². The summed E-state index contributed by atoms with van der Waals surface area (Å²) in [6.07, 6.45) is 0.565. The van der Waals surface area contributed by atoms with Gasteiger partial charge in [-0.15, -0.1) is 0 Å². The Hall–Kier alpha value is -3.35. The van der Waals surface area contributed by atoms with Crippen LogP contribution in [0, 0.1) is 13.8 Å². The molecule has 0 aromatic heterocycles. The van der Waals surface area contributed by atoms with Crippen molar-refractivity contribution < 1.29 is 24.2 Å². The van der Waals surface area contributed by atoms with E-state index in [1.54, 1.807) is 30.9 Å². The normalized spacial score (nSPS) is 16.0. The monoisotopic (exact) mass is 396 g/mol. The van der Waals surface area contributed by atoms with Gasteiger partial charge in [0.25, 0.3) is 5.91 Å². The molecule has 1 heterocycles. The molecule has 0 radical (unpaired) electrons. The molecule has 1 fully saturated rings. The van der Waals surface area contributed by atoms with Crippen molar-refractivity contribution in [2.24, 2.45) is 0 Å². The van der Waals surface area contributed by atoms with Gasteiger partial charge in [-0.1, -0.05) is 30.3 Å². The van der Waals surface area contributed by atoms with Gasteiger partial charge in [0.1, 0.15) is 11.8 Å². The van der Waals surface area contributed by atoms with E-state index in [2.05, 4.69) is 5.32 Å². The Bertz CT molecular complexity index is 903. The van der Waals surface area contributed by atoms with Crippen LogP contribution in [-0.2, 0) is 16.1 Å². The molecule has 2 N–H and O–H groups in total. The largest absolute Gasteiger partial charge is 0.481 e. The maximum Gasteiger partial charge on any atom is 0.341 e. The Morgan fingerprint density at radius 1 is 1.17 bits per heavy atom. The lowest BCUT2D eigenvalue weighted by Gasteiger charge is -2.18. The second-order valence-corrected chi connectivity index (χ2v) is 7.18. The lowest BCUT2D eigenvalue weighted by Crippen LogP contribution is -2.41. The van der Waals surface area contributed by atoms with Crippen LogP contribution >= 0.6 is 0 Å². The predicted molar refractivity (Wildman–Crippen MR) is 107 cm³/mol. The molecule has 1 unspecified atom stereocenters. The molecule has 7 heteroatoms. The molecular formula is C22H24N2O5. The first-order chi connectivity index (χ1) is 13.8. The Labute approximate surface area is 169 Å². The number of carboxylic acids is 1. The summed E-state index contributed by atoms with van der Waals surface area (Å²) >= 11 is 0. The number of carboxylic acid groups (broad SMARTS) is 1. The van der Waals surface area contributed by atoms with Crippen LogP contribution in [0.25, 0.3) is 0 Å². The summed E-state index contributed by atoms with van der Waals surface area (Å²) in [4.78, 5) is 37.8. The van der Waals surface area contributed by atoms with Crippen LogP contribution in [0.3, 0.4) is 0 Å². The molecule has 7 nitrogen and oxygen atoms in total. The smallest absolute Gasteiger partial charge is 0.341 e. The summed E-state index contributed by atoms with van der Waals surface area (Å²) in [6.45, 7) is 4.19. The van der Waals surface area contributed by atoms with Crippen molar-refractivity contribution in [3.63, 3.8) is 0 Å². The summed E-state index contributed by atoms with van der Waals surface area (Å²) in [7, 11) is 0. The summed E-state index contributed by atoms with van der Waals surface area (Å²) in [5.74, 6) is -1.03. The first-order valence-corrected chi connectivity index (χ1v) is 9.44. The number of benzene rings is 2. The summed E-state index contributed by atoms with van der Waals surface area (Å²) in [5.41, 5.74) is 2.80. The third-order valence-electron chi connectivity index (χ3n) is 4.88. The molecule has 3 rings (SSSR count). The van der Waals surface area contributed by atoms with E-state index < -0.39 is 18.6 Å². The number of aryl methyl sites for hydroxylation is 2. The molecule has 2 aromatic carbocycles. The SMILES string of the molecule is Cc1cc(C(=O)NC2CCN(Cc3ccccc3)C2=O)cc(C)c1OCC(=O)O. The highest BCUT2D eigenvalue weighted by atomic mass is 16.5. The molecule has 0 spiro atoms. The minimum absolute atomic E-state index is 0.0861. The summed E-state index contributed by atoms with van der Waals surface area (Å²) in [5, 5.41) is 11.6. The van der Waals surface area contributed by atoms with Gasteiger partial charge in [0, 0.05) is 18.7 Å². The number of likely N-dealkylation sites (tertiary alicyclic amines) is 1. The van der Waals surface area contributed by atoms with Gasteiger partial charge < -0.3 is 20.1 Å². The van der Waals surface area contributed by atoms with Gasteiger partial charge in [-0.25, -0.2) is 4.79 Å². The fourth-order valence-corrected chi connectivity index (χ4v) is 3.52. The number of hydrogen-bond acceptors (Lipinski definition) is 4. The number of hydrogen-bond donors (Lipinski definition) is 2. The number of aliphatic carboxylic acids is 1. The molecule has 2 amide bonds. The van der Waals surface area contributed by atoms with Crippen molar-refractivity contribution in [2.75, 3.05) is 13.2 Å². The van der Waals surface area contributed by atoms with Crippen LogP contribution < -0.4 is 10.1 Å². The second-order valence-electron chi connectivity index (χ2n) is 7.18. The minimum atomic E-state index is -1.06. The van der Waals surface area contributed by atoms with Crippen LogP contribution in [0.1, 0.15) is 33.5 Å². The molecule has 0 aliphatic carbocycles. The molecule has 152 valence electrons. The van der Waals surface area contributed by atoms with E-state index in [1.807, 2.05) is 30.3 Å². The van der Waals surface area contributed by atoms with E-state index in [-0.39, 0.29) is 11.8 Å². The Balaban J connectivity index is 1.64. The molecule has 2 aromatic rings. The van der Waals surface area contributed by atoms with Gasteiger partial charge in [-0.2, -0.15) is 0 Å². The van der Waals surface area contributed by atoms with Crippen molar-refractivity contribution in [3.05, 3.63) is 64.7 Å². The van der Waals surface area contributed by atoms with E-state index in [9.17, 15) is 14.4 Å². The third-order valence-corrected chi connectivity index (χ3v) is 4.88. The molecule has 29 heavy (non-hydrogen) atoms. The highest BCUT2D eigenvalue weighted by Gasteiger charge is 2.32. The van der Waals surface area contributed by atoms with Crippen LogP contribution in [0.2, 0.25) is 0 Å². The molecule has 1 saturated heterocycles. The number of rotatable bonds is 7. The average Bonchev–Trinajstić information content (AvgIpc) is 3.01. The molecule has 0 bridgehead atoms. The van der Waals surface area contributed by atoms with Crippen LogP contribution in [0.4, 0.5) is 0 Å². The fourth-order valence-electron chi connectivity index (χ4n) is 3.52. The number of ether oxygens (including phenoxy) is 1. The van der Waals surface area contributed by atoms with E-state index in [4.69, 9.17) is 9.84 Å². The summed E-state index contributed by atoms with van der Waals surface area (Å²) < 4.78 is 5.29. The Morgan fingerprint density at radius 2 is 1.83 bits per heavy atom. The Kier molecular flexibility index (Phi) is 6.16. The molecular weight excluding hydrogens is 372 g/mol. The first kappa shape index (κ1) is 20.4. The van der Waals surface area contributed by atoms with E-state index in [1.165, 1.54) is 0 Å². The number of nitrogens with one attached hydrogen (secondary N) is 1. The maximum absolute atomic E-state index is 12.7. The predicted octanol–water partition coefficient (Wildman–Crippen LogP) is 2.30. The number of carbonyl (C=O) groups is 3. The van der Waals surface area contributed by atoms with Crippen molar-refractivity contribution in [1.29, 1.82) is 0 Å². The van der Waals surface area contributed by atoms with Crippen molar-refractivity contribution in [1.82, 2.24) is 10.2 Å². The van der Waals surface area contributed by atoms with Gasteiger partial charge >= 0.3 is 5.97 Å². The third kappa shape index (κ3) is 4.93. The molecule has 1 aliphatic rings. The molecule has 0 saturated carbocycles. The topological polar surface area (TPSA) is 95.9 Å². The number of amides is 2. The molecule has 1 atom stereocenters. The standard InChI is InChI=1S/C22H24N2O5/c1-14-10-17(11-15(2)20(14)29-13-19(25)26)21(27)23-18-8-9-24(22(18)28)12-16-6-4-3-5-7-16/h3-7,10-11,18H,8-9,12-13H2,1-2H3,(H,23,27)(H,25,26). The lowest BCUT2D eigenvalue weighted by atomic mass is 10.0. The zero-order valence-corrected chi connectivity index (χ0v) is 16.5. The van der Waals surface area contributed by atoms with E-state index >= 15 is 0 Å². The van der Waals surface area contributed by atoms with Crippen molar-refractivity contribution in [3.8, 4) is 5.75 Å². The average molecular weight is 396 g/mol. The van der Waals surface area contributed by atoms with Crippen LogP contribution in [0.15, 0.2) is 42.5 Å². The van der Waals surface area contributed by atoms with Gasteiger partial charge in [0.05, 0.1) is 0 Å². The zero-order valence-electron chi connectivity index (χ0n) is 16.5. The lowest BCUT2D eigenvalue weighted by molar-refractivity contribution is -0.139. The summed E-state index contributed by atoms with van der Waals surface area (Å²) in [6, 6.07) is 12.5. The Morgan fingerprint density at radius 3 is 2.45 bits per heavy atom. The number of nitrogens with zero attached hydrogens (tertiary/aromatic N) is 1. The molecule has 1 aliphatic heterocycles. The van der Waals surface area contributed by atoms with Crippen molar-refractivity contribution >= 4 is 17.8 Å². The minimum Gasteiger partial charge on any atom is -0.481 e. The first-order valence-electron chi connectivity index (χ1n) is 9.44. The van der Waals surface area contributed by atoms with Gasteiger partial charge in [-0.3, -0.25) is 9.59 Å². The number of carbonyl (C=O) groups excluding carboxylic acids is 2. The fraction of sp³-hybridized carbons (Fsp3) is 0.318. The highest BCUT2D eigenvalue weighted by Crippen LogP contribution is 2.25. The quantitative estimate of drug-likeness (QED) is 0.749. The van der Waals surface area contributed by atoms with Gasteiger partial charge in [0.2, 0.25) is 5.91 Å². The van der Waals surface area contributed by atoms with Crippen molar-refractivity contribution in [2.45, 2.75) is 32.9 Å². The van der Waals surface area contributed by atoms with E-state index in [0.717, 1.165) is 5.56 Å². The highest BCUT2D eigenvalue weighted by molar-refractivity contribution is 5.98. The van der Waals surface area contributed by atoms with Gasteiger partial charge in [0.15, 0.2) is 6.61 Å². The van der Waals surface area contributed by atoms with E-state index in [0.29, 0.717) is 42.0 Å². The maximum atomic E-state index is 12.7. The van der Waals surface area contributed by atoms with Crippen LogP contribution in [0.5, 0.6) is 5.75 Å². The zero-order chi connectivity index (χ0) is 21.0.